The maximum absolute atomic E-state index is 12.5. The Kier molecular flexibility index (Phi) is 5.62. The summed E-state index contributed by atoms with van der Waals surface area (Å²) in [6, 6.07) is 16.0. The molecule has 4 rings (SSSR count). The molecule has 0 aliphatic carbocycles. The molecule has 0 spiro atoms. The Bertz CT molecular complexity index is 973. The maximum Gasteiger partial charge on any atom is 0.277 e. The number of aryl methyl sites for hydroxylation is 1. The Morgan fingerprint density at radius 2 is 2.04 bits per heavy atom. The van der Waals surface area contributed by atoms with Gasteiger partial charge in [-0.25, -0.2) is 0 Å². The van der Waals surface area contributed by atoms with Crippen molar-refractivity contribution in [3.8, 4) is 5.75 Å². The molecule has 0 N–H and O–H groups in total. The summed E-state index contributed by atoms with van der Waals surface area (Å²) in [7, 11) is 0. The zero-order chi connectivity index (χ0) is 19.3. The SMILES string of the molecule is Cc1cccc(OCc2nnc(SCC(=O)N3CCc4ccccc4C3)o2)c1. The number of benzene rings is 2. The highest BCUT2D eigenvalue weighted by Crippen LogP contribution is 2.22. The molecule has 0 fully saturated rings. The van der Waals surface area contributed by atoms with Gasteiger partial charge < -0.3 is 14.1 Å². The van der Waals surface area contributed by atoms with Crippen LogP contribution in [0.5, 0.6) is 5.75 Å². The van der Waals surface area contributed by atoms with Crippen molar-refractivity contribution in [1.82, 2.24) is 15.1 Å². The first-order valence-corrected chi connectivity index (χ1v) is 10.1. The van der Waals surface area contributed by atoms with Crippen LogP contribution in [0.2, 0.25) is 0 Å². The van der Waals surface area contributed by atoms with Crippen LogP contribution in [0.1, 0.15) is 22.6 Å². The quantitative estimate of drug-likeness (QED) is 0.594. The van der Waals surface area contributed by atoms with Gasteiger partial charge in [0.15, 0.2) is 6.61 Å². The molecule has 2 heterocycles. The normalized spacial score (nSPS) is 13.2. The van der Waals surface area contributed by atoms with Crippen LogP contribution in [-0.2, 0) is 24.4 Å². The lowest BCUT2D eigenvalue weighted by molar-refractivity contribution is -0.129. The van der Waals surface area contributed by atoms with Crippen molar-refractivity contribution in [2.24, 2.45) is 0 Å². The largest absolute Gasteiger partial charge is 0.484 e. The molecule has 0 saturated carbocycles. The van der Waals surface area contributed by atoms with E-state index in [2.05, 4.69) is 22.3 Å². The first-order chi connectivity index (χ1) is 13.7. The number of fused-ring (bicyclic) bond motifs is 1. The summed E-state index contributed by atoms with van der Waals surface area (Å²) in [6.07, 6.45) is 0.896. The standard InChI is InChI=1S/C21H21N3O3S/c1-15-5-4-8-18(11-15)26-13-19-22-23-21(27-19)28-14-20(25)24-10-9-16-6-2-3-7-17(16)12-24/h2-8,11H,9-10,12-14H2,1H3. The van der Waals surface area contributed by atoms with Gasteiger partial charge in [0.05, 0.1) is 5.75 Å². The third-order valence-electron chi connectivity index (χ3n) is 4.60. The Morgan fingerprint density at radius 1 is 1.18 bits per heavy atom. The predicted octanol–water partition coefficient (Wildman–Crippen LogP) is 3.63. The molecule has 1 aliphatic rings. The molecular formula is C21H21N3O3S. The molecule has 0 saturated heterocycles. The zero-order valence-electron chi connectivity index (χ0n) is 15.6. The van der Waals surface area contributed by atoms with E-state index in [0.29, 0.717) is 17.7 Å². The number of carbonyl (C=O) groups excluding carboxylic acids is 1. The smallest absolute Gasteiger partial charge is 0.277 e. The first kappa shape index (κ1) is 18.6. The fourth-order valence-electron chi connectivity index (χ4n) is 3.13. The van der Waals surface area contributed by atoms with Crippen molar-refractivity contribution in [3.63, 3.8) is 0 Å². The molecule has 0 bridgehead atoms. The van der Waals surface area contributed by atoms with E-state index in [1.54, 1.807) is 0 Å². The molecule has 1 aliphatic heterocycles. The van der Waals surface area contributed by atoms with Gasteiger partial charge in [-0.3, -0.25) is 4.79 Å². The lowest BCUT2D eigenvalue weighted by Gasteiger charge is -2.28. The lowest BCUT2D eigenvalue weighted by Crippen LogP contribution is -2.37. The van der Waals surface area contributed by atoms with Crippen molar-refractivity contribution in [2.45, 2.75) is 31.7 Å². The predicted molar refractivity (Wildman–Crippen MR) is 106 cm³/mol. The van der Waals surface area contributed by atoms with Gasteiger partial charge in [0, 0.05) is 13.1 Å². The second-order valence-corrected chi connectivity index (χ2v) is 7.62. The third kappa shape index (κ3) is 4.54. The van der Waals surface area contributed by atoms with Crippen LogP contribution in [0, 0.1) is 6.92 Å². The van der Waals surface area contributed by atoms with Crippen molar-refractivity contribution >= 4 is 17.7 Å². The van der Waals surface area contributed by atoms with E-state index < -0.39 is 0 Å². The number of hydrogen-bond acceptors (Lipinski definition) is 6. The topological polar surface area (TPSA) is 68.5 Å². The summed E-state index contributed by atoms with van der Waals surface area (Å²) >= 11 is 1.26. The van der Waals surface area contributed by atoms with Gasteiger partial charge in [-0.2, -0.15) is 0 Å². The number of aromatic nitrogens is 2. The van der Waals surface area contributed by atoms with Crippen LogP contribution in [0.15, 0.2) is 58.2 Å². The summed E-state index contributed by atoms with van der Waals surface area (Å²) in [5.74, 6) is 1.51. The maximum atomic E-state index is 12.5. The van der Waals surface area contributed by atoms with Crippen LogP contribution in [-0.4, -0.2) is 33.3 Å². The molecule has 1 amide bonds. The number of hydrogen-bond donors (Lipinski definition) is 0. The Hall–Kier alpha value is -2.80. The number of thioether (sulfide) groups is 1. The highest BCUT2D eigenvalue weighted by Gasteiger charge is 2.21. The van der Waals surface area contributed by atoms with Crippen LogP contribution < -0.4 is 4.74 Å². The zero-order valence-corrected chi connectivity index (χ0v) is 16.4. The van der Waals surface area contributed by atoms with Crippen LogP contribution >= 0.6 is 11.8 Å². The number of nitrogens with zero attached hydrogens (tertiary/aromatic N) is 3. The molecule has 2 aromatic carbocycles. The van der Waals surface area contributed by atoms with Crippen molar-refractivity contribution in [3.05, 3.63) is 71.1 Å². The number of carbonyl (C=O) groups is 1. The summed E-state index contributed by atoms with van der Waals surface area (Å²) < 4.78 is 11.2. The van der Waals surface area contributed by atoms with Crippen molar-refractivity contribution in [1.29, 1.82) is 0 Å². The average molecular weight is 395 g/mol. The van der Waals surface area contributed by atoms with E-state index in [9.17, 15) is 4.79 Å². The van der Waals surface area contributed by atoms with Crippen LogP contribution in [0.4, 0.5) is 0 Å². The minimum absolute atomic E-state index is 0.0789. The molecule has 0 radical (unpaired) electrons. The van der Waals surface area contributed by atoms with Gasteiger partial charge in [-0.1, -0.05) is 48.2 Å². The van der Waals surface area contributed by atoms with E-state index in [1.807, 2.05) is 48.2 Å². The lowest BCUT2D eigenvalue weighted by atomic mass is 10.00. The summed E-state index contributed by atoms with van der Waals surface area (Å²) in [5, 5.41) is 8.36. The summed E-state index contributed by atoms with van der Waals surface area (Å²) in [6.45, 7) is 3.62. The van der Waals surface area contributed by atoms with E-state index in [-0.39, 0.29) is 18.3 Å². The van der Waals surface area contributed by atoms with Crippen LogP contribution in [0.25, 0.3) is 0 Å². The van der Waals surface area contributed by atoms with Crippen molar-refractivity contribution < 1.29 is 13.9 Å². The monoisotopic (exact) mass is 395 g/mol. The highest BCUT2D eigenvalue weighted by molar-refractivity contribution is 7.99. The minimum Gasteiger partial charge on any atom is -0.484 e. The Labute approximate surface area is 167 Å². The molecule has 144 valence electrons. The fraction of sp³-hybridized carbons (Fsp3) is 0.286. The van der Waals surface area contributed by atoms with Gasteiger partial charge in [0.25, 0.3) is 11.1 Å². The average Bonchev–Trinajstić information content (AvgIpc) is 3.18. The second-order valence-electron chi connectivity index (χ2n) is 6.69. The molecule has 0 atom stereocenters. The van der Waals surface area contributed by atoms with Gasteiger partial charge in [-0.15, -0.1) is 10.2 Å². The summed E-state index contributed by atoms with van der Waals surface area (Å²) in [4.78, 5) is 14.4. The van der Waals surface area contributed by atoms with Gasteiger partial charge in [-0.05, 0) is 42.2 Å². The minimum atomic E-state index is 0.0789. The number of amides is 1. The number of rotatable bonds is 6. The Balaban J connectivity index is 1.27. The van der Waals surface area contributed by atoms with Crippen LogP contribution in [0.3, 0.4) is 0 Å². The number of ether oxygens (including phenoxy) is 1. The van der Waals surface area contributed by atoms with E-state index in [4.69, 9.17) is 9.15 Å². The van der Waals surface area contributed by atoms with Gasteiger partial charge in [0.2, 0.25) is 5.91 Å². The third-order valence-corrected chi connectivity index (χ3v) is 5.41. The van der Waals surface area contributed by atoms with E-state index >= 15 is 0 Å². The molecule has 28 heavy (non-hydrogen) atoms. The summed E-state index contributed by atoms with van der Waals surface area (Å²) in [5.41, 5.74) is 3.67. The van der Waals surface area contributed by atoms with Gasteiger partial charge in [0.1, 0.15) is 5.75 Å². The van der Waals surface area contributed by atoms with E-state index in [0.717, 1.165) is 24.3 Å². The van der Waals surface area contributed by atoms with Crippen molar-refractivity contribution in [2.75, 3.05) is 12.3 Å². The second kappa shape index (κ2) is 8.48. The molecule has 7 heteroatoms. The molecular weight excluding hydrogens is 374 g/mol. The fourth-order valence-corrected chi connectivity index (χ4v) is 3.81. The van der Waals surface area contributed by atoms with Gasteiger partial charge >= 0.3 is 0 Å². The molecule has 3 aromatic rings. The molecule has 6 nitrogen and oxygen atoms in total. The van der Waals surface area contributed by atoms with E-state index in [1.165, 1.54) is 22.9 Å². The highest BCUT2D eigenvalue weighted by atomic mass is 32.2. The molecule has 1 aromatic heterocycles. The Morgan fingerprint density at radius 3 is 2.89 bits per heavy atom. The first-order valence-electron chi connectivity index (χ1n) is 9.16. The molecule has 0 unspecified atom stereocenters.